The van der Waals surface area contributed by atoms with Gasteiger partial charge in [-0.15, -0.1) is 0 Å². The van der Waals surface area contributed by atoms with E-state index in [1.54, 1.807) is 48.4 Å². The average molecular weight is 462 g/mol. The number of piperidine rings is 1. The summed E-state index contributed by atoms with van der Waals surface area (Å²) in [5, 5.41) is 21.9. The molecule has 2 amide bonds. The molecule has 1 saturated heterocycles. The highest BCUT2D eigenvalue weighted by molar-refractivity contribution is 6.04. The maximum absolute atomic E-state index is 13.1. The summed E-state index contributed by atoms with van der Waals surface area (Å²) in [4.78, 5) is 32.2. The smallest absolute Gasteiger partial charge is 0.258 e. The van der Waals surface area contributed by atoms with Crippen molar-refractivity contribution in [1.29, 1.82) is 5.26 Å². The molecular formula is C25H27N5O4. The molecule has 1 aliphatic heterocycles. The Kier molecular flexibility index (Phi) is 7.21. The van der Waals surface area contributed by atoms with Crippen LogP contribution in [0.3, 0.4) is 0 Å². The fourth-order valence-electron chi connectivity index (χ4n) is 4.17. The van der Waals surface area contributed by atoms with Crippen LogP contribution in [0.1, 0.15) is 45.5 Å². The van der Waals surface area contributed by atoms with Crippen molar-refractivity contribution in [3.63, 3.8) is 0 Å². The number of nitrogens with one attached hydrogen (secondary N) is 1. The van der Waals surface area contributed by atoms with Crippen molar-refractivity contribution in [2.24, 2.45) is 0 Å². The third kappa shape index (κ3) is 5.09. The molecule has 1 atom stereocenters. The van der Waals surface area contributed by atoms with Gasteiger partial charge in [-0.25, -0.2) is 4.98 Å². The number of anilines is 1. The lowest BCUT2D eigenvalue weighted by Gasteiger charge is -2.30. The molecule has 0 aliphatic carbocycles. The molecule has 1 aromatic heterocycles. The predicted octanol–water partition coefficient (Wildman–Crippen LogP) is 2.79. The molecule has 1 aliphatic rings. The van der Waals surface area contributed by atoms with Crippen LogP contribution in [0.4, 0.5) is 5.95 Å². The lowest BCUT2D eigenvalue weighted by atomic mass is 10.1. The number of aliphatic hydroxyl groups is 1. The van der Waals surface area contributed by atoms with E-state index in [1.165, 1.54) is 6.07 Å². The number of imidazole rings is 1. The molecule has 1 fully saturated rings. The number of hydrogen-bond donors (Lipinski definition) is 2. The summed E-state index contributed by atoms with van der Waals surface area (Å²) in [6.07, 6.45) is 1.66. The number of aliphatic hydroxyl groups excluding tert-OH is 1. The molecule has 176 valence electrons. The van der Waals surface area contributed by atoms with Gasteiger partial charge in [0.1, 0.15) is 0 Å². The SMILES string of the molecule is COCCCn1c(NC(=O)c2cccc(C#N)c2)nc2ccc(C(=O)N3CCC[C@H](O)C3)cc21. The van der Waals surface area contributed by atoms with Crippen LogP contribution >= 0.6 is 0 Å². The van der Waals surface area contributed by atoms with Crippen LogP contribution in [-0.4, -0.2) is 64.3 Å². The molecular weight excluding hydrogens is 434 g/mol. The molecule has 2 aromatic carbocycles. The average Bonchev–Trinajstić information content (AvgIpc) is 3.19. The number of ether oxygens (including phenoxy) is 1. The molecule has 0 radical (unpaired) electrons. The Morgan fingerprint density at radius 3 is 2.88 bits per heavy atom. The number of hydrogen-bond acceptors (Lipinski definition) is 6. The minimum atomic E-state index is -0.498. The first kappa shape index (κ1) is 23.4. The molecule has 0 bridgehead atoms. The van der Waals surface area contributed by atoms with Crippen LogP contribution in [0.25, 0.3) is 11.0 Å². The summed E-state index contributed by atoms with van der Waals surface area (Å²) in [5.74, 6) is -0.153. The standard InChI is InChI=1S/C25H27N5O4/c1-34-12-4-11-30-22-14-19(24(33)29-10-3-7-20(31)16-29)8-9-21(22)27-25(30)28-23(32)18-6-2-5-17(13-18)15-26/h2,5-6,8-9,13-14,20,31H,3-4,7,10-12,16H2,1H3,(H,27,28,32)/t20-/m0/s1. The number of β-amino-alcohol motifs (C(OH)–C–C–N with tert-alkyl or cyclic N) is 1. The molecule has 2 heterocycles. The predicted molar refractivity (Wildman–Crippen MR) is 126 cm³/mol. The van der Waals surface area contributed by atoms with Gasteiger partial charge in [0.2, 0.25) is 5.95 Å². The van der Waals surface area contributed by atoms with Gasteiger partial charge in [-0.05, 0) is 55.7 Å². The number of carbonyl (C=O) groups is 2. The number of methoxy groups -OCH3 is 1. The quantitative estimate of drug-likeness (QED) is 0.522. The third-order valence-corrected chi connectivity index (χ3v) is 5.89. The molecule has 0 saturated carbocycles. The summed E-state index contributed by atoms with van der Waals surface area (Å²) < 4.78 is 7.05. The van der Waals surface area contributed by atoms with Gasteiger partial charge in [-0.1, -0.05) is 6.07 Å². The lowest BCUT2D eigenvalue weighted by molar-refractivity contribution is 0.0474. The number of aryl methyl sites for hydroxylation is 1. The van der Waals surface area contributed by atoms with Gasteiger partial charge < -0.3 is 19.3 Å². The van der Waals surface area contributed by atoms with Gasteiger partial charge in [-0.3, -0.25) is 14.9 Å². The number of nitriles is 1. The van der Waals surface area contributed by atoms with E-state index in [2.05, 4.69) is 10.3 Å². The van der Waals surface area contributed by atoms with Gasteiger partial charge in [-0.2, -0.15) is 5.26 Å². The molecule has 3 aromatic rings. The van der Waals surface area contributed by atoms with Crippen molar-refractivity contribution in [2.45, 2.75) is 31.9 Å². The number of benzene rings is 2. The summed E-state index contributed by atoms with van der Waals surface area (Å²) in [7, 11) is 1.63. The Hall–Kier alpha value is -3.74. The monoisotopic (exact) mass is 461 g/mol. The number of aromatic nitrogens is 2. The first-order valence-corrected chi connectivity index (χ1v) is 11.3. The molecule has 0 spiro atoms. The number of rotatable bonds is 7. The van der Waals surface area contributed by atoms with Crippen LogP contribution in [0.2, 0.25) is 0 Å². The van der Waals surface area contributed by atoms with E-state index < -0.39 is 6.10 Å². The maximum atomic E-state index is 13.1. The Balaban J connectivity index is 1.65. The minimum absolute atomic E-state index is 0.135. The summed E-state index contributed by atoms with van der Waals surface area (Å²) >= 11 is 0. The van der Waals surface area contributed by atoms with Crippen LogP contribution in [0, 0.1) is 11.3 Å². The Morgan fingerprint density at radius 2 is 2.12 bits per heavy atom. The number of fused-ring (bicyclic) bond motifs is 1. The van der Waals surface area contributed by atoms with Crippen LogP contribution < -0.4 is 5.32 Å². The second kappa shape index (κ2) is 10.5. The number of nitrogens with zero attached hydrogens (tertiary/aromatic N) is 4. The van der Waals surface area contributed by atoms with Crippen molar-refractivity contribution >= 4 is 28.8 Å². The zero-order valence-electron chi connectivity index (χ0n) is 19.0. The number of amides is 2. The van der Waals surface area contributed by atoms with Gasteiger partial charge in [0.15, 0.2) is 0 Å². The molecule has 9 nitrogen and oxygen atoms in total. The van der Waals surface area contributed by atoms with Gasteiger partial charge in [0.25, 0.3) is 11.8 Å². The second-order valence-electron chi connectivity index (χ2n) is 8.33. The first-order chi connectivity index (χ1) is 16.5. The molecule has 4 rings (SSSR count). The summed E-state index contributed by atoms with van der Waals surface area (Å²) in [5.41, 5.74) is 2.63. The summed E-state index contributed by atoms with van der Waals surface area (Å²) in [6, 6.07) is 13.8. The normalized spacial score (nSPS) is 15.8. The Labute approximate surface area is 197 Å². The fraction of sp³-hybridized carbons (Fsp3) is 0.360. The van der Waals surface area contributed by atoms with Crippen molar-refractivity contribution in [2.75, 3.05) is 32.1 Å². The van der Waals surface area contributed by atoms with E-state index in [9.17, 15) is 14.7 Å². The van der Waals surface area contributed by atoms with Crippen molar-refractivity contribution in [3.8, 4) is 6.07 Å². The van der Waals surface area contributed by atoms with Gasteiger partial charge in [0.05, 0.1) is 28.8 Å². The van der Waals surface area contributed by atoms with Gasteiger partial charge in [0, 0.05) is 44.5 Å². The zero-order chi connectivity index (χ0) is 24.1. The van der Waals surface area contributed by atoms with Crippen LogP contribution in [0.15, 0.2) is 42.5 Å². The summed E-state index contributed by atoms with van der Waals surface area (Å²) in [6.45, 7) is 2.00. The van der Waals surface area contributed by atoms with E-state index in [0.29, 0.717) is 67.2 Å². The Morgan fingerprint density at radius 1 is 1.26 bits per heavy atom. The Bertz CT molecular complexity index is 1250. The number of likely N-dealkylation sites (tertiary alicyclic amines) is 1. The van der Waals surface area contributed by atoms with Crippen LogP contribution in [0.5, 0.6) is 0 Å². The maximum Gasteiger partial charge on any atom is 0.258 e. The molecule has 9 heteroatoms. The van der Waals surface area contributed by atoms with Gasteiger partial charge >= 0.3 is 0 Å². The second-order valence-corrected chi connectivity index (χ2v) is 8.33. The topological polar surface area (TPSA) is 120 Å². The van der Waals surface area contributed by atoms with Crippen LogP contribution in [-0.2, 0) is 11.3 Å². The molecule has 34 heavy (non-hydrogen) atoms. The molecule has 2 N–H and O–H groups in total. The third-order valence-electron chi connectivity index (χ3n) is 5.89. The van der Waals surface area contributed by atoms with E-state index in [-0.39, 0.29) is 11.8 Å². The zero-order valence-corrected chi connectivity index (χ0v) is 19.0. The fourth-order valence-corrected chi connectivity index (χ4v) is 4.17. The largest absolute Gasteiger partial charge is 0.391 e. The van der Waals surface area contributed by atoms with E-state index >= 15 is 0 Å². The van der Waals surface area contributed by atoms with Crippen molar-refractivity contribution in [1.82, 2.24) is 14.5 Å². The van der Waals surface area contributed by atoms with E-state index in [4.69, 9.17) is 10.00 Å². The first-order valence-electron chi connectivity index (χ1n) is 11.3. The molecule has 0 unspecified atom stereocenters. The van der Waals surface area contributed by atoms with Crippen molar-refractivity contribution in [3.05, 3.63) is 59.2 Å². The number of carbonyl (C=O) groups excluding carboxylic acids is 2. The highest BCUT2D eigenvalue weighted by atomic mass is 16.5. The van der Waals surface area contributed by atoms with E-state index in [0.717, 1.165) is 11.9 Å². The highest BCUT2D eigenvalue weighted by Gasteiger charge is 2.24. The van der Waals surface area contributed by atoms with E-state index in [1.807, 2.05) is 10.6 Å². The lowest BCUT2D eigenvalue weighted by Crippen LogP contribution is -2.42. The van der Waals surface area contributed by atoms with Crippen molar-refractivity contribution < 1.29 is 19.4 Å². The minimum Gasteiger partial charge on any atom is -0.391 e. The highest BCUT2D eigenvalue weighted by Crippen LogP contribution is 2.24.